The van der Waals surface area contributed by atoms with Gasteiger partial charge in [-0.1, -0.05) is 263 Å². The average Bonchev–Trinajstić information content (AvgIpc) is 3.46. The van der Waals surface area contributed by atoms with Gasteiger partial charge in [0, 0.05) is 19.3 Å². The summed E-state index contributed by atoms with van der Waals surface area (Å²) in [6, 6.07) is 0. The van der Waals surface area contributed by atoms with Crippen molar-refractivity contribution < 1.29 is 28.6 Å². The minimum Gasteiger partial charge on any atom is -0.462 e. The highest BCUT2D eigenvalue weighted by atomic mass is 16.6. The van der Waals surface area contributed by atoms with E-state index in [4.69, 9.17) is 14.2 Å². The summed E-state index contributed by atoms with van der Waals surface area (Å²) in [4.78, 5) is 38.3. The van der Waals surface area contributed by atoms with E-state index in [1.807, 2.05) is 0 Å². The van der Waals surface area contributed by atoms with Crippen LogP contribution in [0.2, 0.25) is 0 Å². The summed E-state index contributed by atoms with van der Waals surface area (Å²) in [5, 5.41) is 0. The zero-order valence-corrected chi connectivity index (χ0v) is 51.8. The van der Waals surface area contributed by atoms with Gasteiger partial charge >= 0.3 is 17.9 Å². The van der Waals surface area contributed by atoms with Gasteiger partial charge in [0.25, 0.3) is 0 Å². The monoisotopic (exact) mass is 1100 g/mol. The normalized spacial score (nSPS) is 13.1. The highest BCUT2D eigenvalue weighted by Gasteiger charge is 2.19. The number of ether oxygens (including phenoxy) is 3. The van der Waals surface area contributed by atoms with Crippen molar-refractivity contribution in [1.29, 1.82) is 0 Å². The summed E-state index contributed by atoms with van der Waals surface area (Å²) in [6.07, 6.45) is 95.7. The van der Waals surface area contributed by atoms with E-state index < -0.39 is 6.10 Å². The second-order valence-electron chi connectivity index (χ2n) is 21.3. The Morgan fingerprint density at radius 1 is 0.263 bits per heavy atom. The molecule has 0 aromatic rings. The van der Waals surface area contributed by atoms with Crippen LogP contribution in [-0.2, 0) is 28.6 Å². The van der Waals surface area contributed by atoms with Gasteiger partial charge in [-0.3, -0.25) is 14.4 Å². The molecule has 0 fully saturated rings. The molecule has 6 nitrogen and oxygen atoms in total. The van der Waals surface area contributed by atoms with E-state index in [-0.39, 0.29) is 31.1 Å². The maximum absolute atomic E-state index is 12.9. The number of hydrogen-bond donors (Lipinski definition) is 0. The zero-order chi connectivity index (χ0) is 57.8. The number of hydrogen-bond acceptors (Lipinski definition) is 6. The maximum atomic E-state index is 12.9. The maximum Gasteiger partial charge on any atom is 0.306 e. The van der Waals surface area contributed by atoms with Crippen LogP contribution in [0.1, 0.15) is 284 Å². The Morgan fingerprint density at radius 2 is 0.487 bits per heavy atom. The first-order chi connectivity index (χ1) is 39.5. The van der Waals surface area contributed by atoms with Crippen LogP contribution in [0, 0.1) is 0 Å². The number of allylic oxidation sites excluding steroid dienone is 24. The predicted octanol–water partition coefficient (Wildman–Crippen LogP) is 22.7. The minimum atomic E-state index is -0.803. The largest absolute Gasteiger partial charge is 0.462 e. The standard InChI is InChI=1S/C74H120O6/c1-4-7-10-13-16-19-22-25-27-29-30-31-32-33-34-35-36-37-38-39-40-41-42-43-44-45-47-49-52-55-58-61-64-67-73(76)79-70-71(69-78-72(75)66-63-60-57-54-51-48-24-21-18-15-12-9-6-3)80-74(77)68-65-62-59-56-53-50-46-28-26-23-20-17-14-11-8-5-2/h7,10,16,19-21,23-25,27-28,30-31,33-34,36-37,39-40,42-43,45-47,71H,4-6,8-9,11-15,17-18,22,26,29,32,35,38,41,44,48-70H2,1-3H3/b10-7-,19-16-,23-20-,24-21-,27-25-,31-30-,34-33-,37-36-,40-39-,43-42-,46-28-,47-45-. The molecule has 0 aliphatic rings. The third kappa shape index (κ3) is 64.1. The summed E-state index contributed by atoms with van der Waals surface area (Å²) in [5.74, 6) is -0.940. The molecule has 1 unspecified atom stereocenters. The van der Waals surface area contributed by atoms with E-state index in [0.29, 0.717) is 19.3 Å². The van der Waals surface area contributed by atoms with Gasteiger partial charge in [0.05, 0.1) is 0 Å². The Bertz CT molecular complexity index is 1750. The van der Waals surface area contributed by atoms with Gasteiger partial charge in [0.1, 0.15) is 13.2 Å². The van der Waals surface area contributed by atoms with Crippen LogP contribution >= 0.6 is 0 Å². The van der Waals surface area contributed by atoms with Crippen LogP contribution in [-0.4, -0.2) is 37.2 Å². The summed E-state index contributed by atoms with van der Waals surface area (Å²) < 4.78 is 16.9. The number of rotatable bonds is 58. The first kappa shape index (κ1) is 75.3. The third-order valence-electron chi connectivity index (χ3n) is 13.5. The van der Waals surface area contributed by atoms with Crippen molar-refractivity contribution in [3.8, 4) is 0 Å². The van der Waals surface area contributed by atoms with Crippen LogP contribution < -0.4 is 0 Å². The molecule has 0 saturated heterocycles. The number of esters is 3. The molecule has 0 saturated carbocycles. The van der Waals surface area contributed by atoms with Crippen LogP contribution in [0.4, 0.5) is 0 Å². The van der Waals surface area contributed by atoms with E-state index in [9.17, 15) is 14.4 Å². The van der Waals surface area contributed by atoms with Crippen molar-refractivity contribution in [2.45, 2.75) is 290 Å². The fraction of sp³-hybridized carbons (Fsp3) is 0.635. The molecule has 0 bridgehead atoms. The van der Waals surface area contributed by atoms with Gasteiger partial charge in [-0.05, 0) is 148 Å². The molecule has 1 atom stereocenters. The predicted molar refractivity (Wildman–Crippen MR) is 348 cm³/mol. The highest BCUT2D eigenvalue weighted by molar-refractivity contribution is 5.71. The molecular weight excluding hydrogens is 985 g/mol. The Kier molecular flexibility index (Phi) is 62.9. The first-order valence-electron chi connectivity index (χ1n) is 32.8. The molecule has 0 aromatic heterocycles. The third-order valence-corrected chi connectivity index (χ3v) is 13.5. The molecule has 0 rings (SSSR count). The molecule has 80 heavy (non-hydrogen) atoms. The van der Waals surface area contributed by atoms with Gasteiger partial charge in [0.15, 0.2) is 6.10 Å². The van der Waals surface area contributed by atoms with Crippen LogP contribution in [0.3, 0.4) is 0 Å². The second kappa shape index (κ2) is 66.8. The smallest absolute Gasteiger partial charge is 0.306 e. The van der Waals surface area contributed by atoms with Gasteiger partial charge in [-0.15, -0.1) is 0 Å². The number of carbonyl (C=O) groups is 3. The average molecular weight is 1110 g/mol. The number of unbranched alkanes of at least 4 members (excludes halogenated alkanes) is 23. The van der Waals surface area contributed by atoms with Crippen LogP contribution in [0.5, 0.6) is 0 Å². The van der Waals surface area contributed by atoms with Gasteiger partial charge in [-0.25, -0.2) is 0 Å². The van der Waals surface area contributed by atoms with E-state index in [0.717, 1.165) is 173 Å². The van der Waals surface area contributed by atoms with Crippen molar-refractivity contribution in [2.75, 3.05) is 13.2 Å². The lowest BCUT2D eigenvalue weighted by atomic mass is 10.1. The van der Waals surface area contributed by atoms with Gasteiger partial charge in [0.2, 0.25) is 0 Å². The van der Waals surface area contributed by atoms with E-state index in [1.54, 1.807) is 0 Å². The molecule has 0 aliphatic carbocycles. The Hall–Kier alpha value is -4.71. The fourth-order valence-electron chi connectivity index (χ4n) is 8.64. The Morgan fingerprint density at radius 3 is 0.775 bits per heavy atom. The topological polar surface area (TPSA) is 78.9 Å². The second-order valence-corrected chi connectivity index (χ2v) is 21.3. The van der Waals surface area contributed by atoms with Gasteiger partial charge < -0.3 is 14.2 Å². The SMILES string of the molecule is CC/C=C\C/C=C\C/C=C\C/C=C\C/C=C\C/C=C\C/C=C\C/C=C\C/C=C\CCCCCCCC(=O)OCC(COC(=O)CCCCCCC/C=C\CCCCCC)OC(=O)CCCCCCC/C=C\C/C=C\CCCCCC. The molecule has 452 valence electrons. The van der Waals surface area contributed by atoms with Crippen molar-refractivity contribution in [3.05, 3.63) is 146 Å². The lowest BCUT2D eigenvalue weighted by Crippen LogP contribution is -2.30. The Labute approximate surface area is 493 Å². The van der Waals surface area contributed by atoms with Crippen LogP contribution in [0.15, 0.2) is 146 Å². The van der Waals surface area contributed by atoms with E-state index >= 15 is 0 Å². The molecule has 0 radical (unpaired) electrons. The molecule has 0 N–H and O–H groups in total. The molecule has 0 aliphatic heterocycles. The highest BCUT2D eigenvalue weighted by Crippen LogP contribution is 2.14. The van der Waals surface area contributed by atoms with Crippen molar-refractivity contribution >= 4 is 17.9 Å². The van der Waals surface area contributed by atoms with Gasteiger partial charge in [-0.2, -0.15) is 0 Å². The van der Waals surface area contributed by atoms with E-state index in [2.05, 4.69) is 167 Å². The molecular formula is C74H120O6. The molecule has 0 aromatic carbocycles. The lowest BCUT2D eigenvalue weighted by molar-refractivity contribution is -0.167. The molecule has 0 spiro atoms. The van der Waals surface area contributed by atoms with Crippen molar-refractivity contribution in [3.63, 3.8) is 0 Å². The van der Waals surface area contributed by atoms with E-state index in [1.165, 1.54) is 70.6 Å². The minimum absolute atomic E-state index is 0.0979. The summed E-state index contributed by atoms with van der Waals surface area (Å²) in [7, 11) is 0. The summed E-state index contributed by atoms with van der Waals surface area (Å²) in [5.41, 5.74) is 0. The molecule has 6 heteroatoms. The summed E-state index contributed by atoms with van der Waals surface area (Å²) in [6.45, 7) is 6.46. The molecule has 0 amide bonds. The Balaban J connectivity index is 4.35. The fourth-order valence-corrected chi connectivity index (χ4v) is 8.64. The van der Waals surface area contributed by atoms with Crippen molar-refractivity contribution in [1.82, 2.24) is 0 Å². The van der Waals surface area contributed by atoms with Crippen molar-refractivity contribution in [2.24, 2.45) is 0 Å². The zero-order valence-electron chi connectivity index (χ0n) is 51.8. The quantitative estimate of drug-likeness (QED) is 0.0261. The number of carbonyl (C=O) groups excluding carboxylic acids is 3. The lowest BCUT2D eigenvalue weighted by Gasteiger charge is -2.18. The molecule has 0 heterocycles. The summed E-state index contributed by atoms with van der Waals surface area (Å²) >= 11 is 0. The first-order valence-corrected chi connectivity index (χ1v) is 32.8. The van der Waals surface area contributed by atoms with Crippen LogP contribution in [0.25, 0.3) is 0 Å².